The largest absolute Gasteiger partial charge is 0.352 e. The van der Waals surface area contributed by atoms with E-state index in [-0.39, 0.29) is 23.5 Å². The fraction of sp³-hybridized carbons (Fsp3) is 0.348. The molecule has 1 amide bonds. The van der Waals surface area contributed by atoms with Crippen molar-refractivity contribution in [2.24, 2.45) is 0 Å². The average molecular weight is 395 g/mol. The van der Waals surface area contributed by atoms with Gasteiger partial charge in [0.25, 0.3) is 5.91 Å². The number of halogens is 1. The Morgan fingerprint density at radius 2 is 1.79 bits per heavy atom. The van der Waals surface area contributed by atoms with E-state index in [0.717, 1.165) is 42.5 Å². The maximum Gasteiger partial charge on any atom is 0.251 e. The molecular formula is C23H26FN3O2. The monoisotopic (exact) mass is 395 g/mol. The van der Waals surface area contributed by atoms with E-state index in [9.17, 15) is 14.0 Å². The molecule has 6 heteroatoms. The zero-order valence-corrected chi connectivity index (χ0v) is 16.8. The third kappa shape index (κ3) is 5.08. The zero-order valence-electron chi connectivity index (χ0n) is 16.8. The van der Waals surface area contributed by atoms with Crippen molar-refractivity contribution in [2.75, 3.05) is 6.54 Å². The van der Waals surface area contributed by atoms with Gasteiger partial charge >= 0.3 is 0 Å². The van der Waals surface area contributed by atoms with Crippen LogP contribution in [-0.2, 0) is 11.2 Å². The van der Waals surface area contributed by atoms with Crippen molar-refractivity contribution in [3.8, 4) is 0 Å². The second-order valence-electron chi connectivity index (χ2n) is 7.25. The highest BCUT2D eigenvalue weighted by molar-refractivity contribution is 5.94. The van der Waals surface area contributed by atoms with Gasteiger partial charge in [0.15, 0.2) is 5.78 Å². The van der Waals surface area contributed by atoms with Crippen molar-refractivity contribution < 1.29 is 14.0 Å². The molecule has 3 aromatic rings. The van der Waals surface area contributed by atoms with Crippen LogP contribution in [0.15, 0.2) is 48.5 Å². The van der Waals surface area contributed by atoms with Gasteiger partial charge < -0.3 is 9.88 Å². The van der Waals surface area contributed by atoms with Gasteiger partial charge in [0.1, 0.15) is 11.6 Å². The van der Waals surface area contributed by atoms with Crippen LogP contribution in [0, 0.1) is 5.82 Å². The van der Waals surface area contributed by atoms with Crippen LogP contribution < -0.4 is 5.32 Å². The van der Waals surface area contributed by atoms with Crippen molar-refractivity contribution in [3.63, 3.8) is 0 Å². The number of hydrogen-bond acceptors (Lipinski definition) is 3. The van der Waals surface area contributed by atoms with Crippen molar-refractivity contribution in [2.45, 2.75) is 45.6 Å². The fourth-order valence-corrected chi connectivity index (χ4v) is 3.37. The highest BCUT2D eigenvalue weighted by Crippen LogP contribution is 2.23. The normalized spacial score (nSPS) is 12.1. The van der Waals surface area contributed by atoms with E-state index in [2.05, 4.69) is 5.32 Å². The number of benzene rings is 2. The standard InChI is InChI=1S/C23H26FN3O2/c1-16(17(2)28)27-21-9-6-5-8-20(21)26-22(27)10-4-3-7-15-25-23(29)18-11-13-19(24)14-12-18/h5-6,8-9,11-14,16H,3-4,7,10,15H2,1-2H3,(H,25,29). The predicted molar refractivity (Wildman–Crippen MR) is 111 cm³/mol. The van der Waals surface area contributed by atoms with Crippen LogP contribution in [0.2, 0.25) is 0 Å². The number of imidazole rings is 1. The number of ketones is 1. The van der Waals surface area contributed by atoms with Crippen molar-refractivity contribution in [1.82, 2.24) is 14.9 Å². The lowest BCUT2D eigenvalue weighted by Crippen LogP contribution is -2.24. The number of hydrogen-bond donors (Lipinski definition) is 1. The van der Waals surface area contributed by atoms with E-state index >= 15 is 0 Å². The third-order valence-electron chi connectivity index (χ3n) is 5.11. The Morgan fingerprint density at radius 3 is 2.52 bits per heavy atom. The molecule has 5 nitrogen and oxygen atoms in total. The van der Waals surface area contributed by atoms with Crippen LogP contribution in [0.25, 0.3) is 11.0 Å². The first-order valence-corrected chi connectivity index (χ1v) is 9.97. The molecule has 1 N–H and O–H groups in total. The Morgan fingerprint density at radius 1 is 1.07 bits per heavy atom. The number of para-hydroxylation sites is 2. The molecular weight excluding hydrogens is 369 g/mol. The number of carbonyl (C=O) groups is 2. The lowest BCUT2D eigenvalue weighted by molar-refractivity contribution is -0.119. The van der Waals surface area contributed by atoms with Gasteiger partial charge in [-0.15, -0.1) is 0 Å². The van der Waals surface area contributed by atoms with E-state index < -0.39 is 0 Å². The smallest absolute Gasteiger partial charge is 0.251 e. The molecule has 0 spiro atoms. The summed E-state index contributed by atoms with van der Waals surface area (Å²) in [5.41, 5.74) is 2.34. The van der Waals surface area contributed by atoms with Gasteiger partial charge in [0.2, 0.25) is 0 Å². The molecule has 0 aliphatic rings. The summed E-state index contributed by atoms with van der Waals surface area (Å²) in [6, 6.07) is 13.1. The highest BCUT2D eigenvalue weighted by Gasteiger charge is 2.18. The van der Waals surface area contributed by atoms with Gasteiger partial charge in [-0.25, -0.2) is 9.37 Å². The minimum absolute atomic E-state index is 0.109. The number of fused-ring (bicyclic) bond motifs is 1. The van der Waals surface area contributed by atoms with Gasteiger partial charge in [-0.1, -0.05) is 18.6 Å². The van der Waals surface area contributed by atoms with E-state index in [1.54, 1.807) is 6.92 Å². The predicted octanol–water partition coefficient (Wildman–Crippen LogP) is 4.47. The van der Waals surface area contributed by atoms with Gasteiger partial charge in [-0.2, -0.15) is 0 Å². The lowest BCUT2D eigenvalue weighted by atomic mass is 10.1. The molecule has 0 fully saturated rings. The summed E-state index contributed by atoms with van der Waals surface area (Å²) >= 11 is 0. The Bertz CT molecular complexity index is 995. The summed E-state index contributed by atoms with van der Waals surface area (Å²) in [5.74, 6) is 0.482. The molecule has 0 saturated carbocycles. The molecule has 3 rings (SSSR count). The van der Waals surface area contributed by atoms with Gasteiger partial charge in [0.05, 0.1) is 17.1 Å². The molecule has 152 valence electrons. The molecule has 0 aliphatic heterocycles. The van der Waals surface area contributed by atoms with Crippen LogP contribution in [0.1, 0.15) is 55.3 Å². The number of rotatable bonds is 9. The molecule has 1 heterocycles. The quantitative estimate of drug-likeness (QED) is 0.544. The molecule has 1 aromatic heterocycles. The number of nitrogens with zero attached hydrogens (tertiary/aromatic N) is 2. The Labute approximate surface area is 169 Å². The Hall–Kier alpha value is -3.02. The minimum atomic E-state index is -0.355. The fourth-order valence-electron chi connectivity index (χ4n) is 3.37. The molecule has 0 bridgehead atoms. The van der Waals surface area contributed by atoms with Crippen molar-refractivity contribution >= 4 is 22.7 Å². The number of nitrogens with one attached hydrogen (secondary N) is 1. The number of aromatic nitrogens is 2. The Kier molecular flexibility index (Phi) is 6.75. The second kappa shape index (κ2) is 9.45. The van der Waals surface area contributed by atoms with E-state index in [0.29, 0.717) is 12.1 Å². The number of amides is 1. The van der Waals surface area contributed by atoms with Crippen LogP contribution in [0.3, 0.4) is 0 Å². The second-order valence-corrected chi connectivity index (χ2v) is 7.25. The summed E-state index contributed by atoms with van der Waals surface area (Å²) in [5, 5.41) is 2.86. The first-order chi connectivity index (χ1) is 14.0. The Balaban J connectivity index is 1.51. The van der Waals surface area contributed by atoms with Gasteiger partial charge in [0, 0.05) is 18.5 Å². The number of aryl methyl sites for hydroxylation is 1. The minimum Gasteiger partial charge on any atom is -0.352 e. The number of carbonyl (C=O) groups excluding carboxylic acids is 2. The maximum absolute atomic E-state index is 12.9. The first kappa shape index (κ1) is 20.7. The van der Waals surface area contributed by atoms with Crippen LogP contribution >= 0.6 is 0 Å². The lowest BCUT2D eigenvalue weighted by Gasteiger charge is -2.15. The zero-order chi connectivity index (χ0) is 20.8. The van der Waals surface area contributed by atoms with E-state index in [1.165, 1.54) is 24.3 Å². The molecule has 0 radical (unpaired) electrons. The molecule has 29 heavy (non-hydrogen) atoms. The van der Waals surface area contributed by atoms with Gasteiger partial charge in [-0.05, 0) is 63.1 Å². The van der Waals surface area contributed by atoms with Crippen molar-refractivity contribution in [3.05, 3.63) is 65.7 Å². The van der Waals surface area contributed by atoms with E-state index in [1.807, 2.05) is 35.8 Å². The van der Waals surface area contributed by atoms with Gasteiger partial charge in [-0.3, -0.25) is 9.59 Å². The number of Topliss-reactive ketones (excluding diaryl/α,β-unsaturated/α-hetero) is 1. The molecule has 1 unspecified atom stereocenters. The first-order valence-electron chi connectivity index (χ1n) is 9.97. The SMILES string of the molecule is CC(=O)C(C)n1c(CCCCCNC(=O)c2ccc(F)cc2)nc2ccccc21. The maximum atomic E-state index is 12.9. The van der Waals surface area contributed by atoms with Crippen LogP contribution in [0.5, 0.6) is 0 Å². The average Bonchev–Trinajstić information content (AvgIpc) is 3.08. The molecule has 0 saturated heterocycles. The third-order valence-corrected chi connectivity index (χ3v) is 5.11. The highest BCUT2D eigenvalue weighted by atomic mass is 19.1. The molecule has 0 aliphatic carbocycles. The van der Waals surface area contributed by atoms with Crippen LogP contribution in [0.4, 0.5) is 4.39 Å². The summed E-state index contributed by atoms with van der Waals surface area (Å²) in [7, 11) is 0. The summed E-state index contributed by atoms with van der Waals surface area (Å²) in [6.07, 6.45) is 3.47. The van der Waals surface area contributed by atoms with E-state index in [4.69, 9.17) is 4.98 Å². The summed E-state index contributed by atoms with van der Waals surface area (Å²) < 4.78 is 15.0. The topological polar surface area (TPSA) is 64.0 Å². The molecule has 1 atom stereocenters. The summed E-state index contributed by atoms with van der Waals surface area (Å²) in [4.78, 5) is 28.7. The number of unbranched alkanes of at least 4 members (excludes halogenated alkanes) is 2. The van der Waals surface area contributed by atoms with Crippen molar-refractivity contribution in [1.29, 1.82) is 0 Å². The van der Waals surface area contributed by atoms with Crippen LogP contribution in [-0.4, -0.2) is 27.8 Å². The summed E-state index contributed by atoms with van der Waals surface area (Å²) in [6.45, 7) is 4.08. The molecule has 2 aromatic carbocycles.